The first-order valence-corrected chi connectivity index (χ1v) is 13.3. The Morgan fingerprint density at radius 1 is 1.03 bits per heavy atom. The number of para-hydroxylation sites is 1. The van der Waals surface area contributed by atoms with Crippen LogP contribution in [-0.2, 0) is 16.7 Å². The Hall–Kier alpha value is -3.49. The second-order valence-corrected chi connectivity index (χ2v) is 10.3. The number of piperidine rings is 1. The average Bonchev–Trinajstić information content (AvgIpc) is 3.27. The van der Waals surface area contributed by atoms with Gasteiger partial charge in [0, 0.05) is 55.8 Å². The number of carbonyl (C=O) groups excluding carboxylic acids is 1. The maximum atomic E-state index is 12.3. The summed E-state index contributed by atoms with van der Waals surface area (Å²) in [6.45, 7) is 5.43. The van der Waals surface area contributed by atoms with E-state index < -0.39 is 0 Å². The van der Waals surface area contributed by atoms with Gasteiger partial charge in [-0.2, -0.15) is 0 Å². The summed E-state index contributed by atoms with van der Waals surface area (Å²) in [7, 11) is 0. The molecule has 8 heteroatoms. The molecule has 2 amide bonds. The van der Waals surface area contributed by atoms with Gasteiger partial charge < -0.3 is 25.2 Å². The van der Waals surface area contributed by atoms with Crippen LogP contribution in [0.2, 0.25) is 0 Å². The standard InChI is InChI=1S/C29H34N6O2/c36-28(32-19-22-4-3-13-30-18-22)33-23-7-8-27(31-20-23)35-21-29(25-5-1-2-6-26(25)35)11-14-34(15-12-29)24-9-16-37-17-10-24/h1-8,13,18,20,24H,9-12,14-17,19,21H2,(H2,32,33,36). The number of benzene rings is 1. The number of hydrogen-bond acceptors (Lipinski definition) is 6. The summed E-state index contributed by atoms with van der Waals surface area (Å²) < 4.78 is 5.58. The monoisotopic (exact) mass is 498 g/mol. The van der Waals surface area contributed by atoms with Gasteiger partial charge in [-0.3, -0.25) is 4.98 Å². The number of nitrogens with zero attached hydrogens (tertiary/aromatic N) is 4. The number of urea groups is 1. The molecule has 1 aromatic carbocycles. The molecule has 2 N–H and O–H groups in total. The van der Waals surface area contributed by atoms with Gasteiger partial charge in [-0.25, -0.2) is 9.78 Å². The molecule has 3 aromatic rings. The van der Waals surface area contributed by atoms with Crippen LogP contribution in [0.5, 0.6) is 0 Å². The quantitative estimate of drug-likeness (QED) is 0.541. The number of fused-ring (bicyclic) bond motifs is 2. The highest BCUT2D eigenvalue weighted by Crippen LogP contribution is 2.49. The molecule has 2 aromatic heterocycles. The van der Waals surface area contributed by atoms with Gasteiger partial charge in [0.2, 0.25) is 0 Å². The molecule has 37 heavy (non-hydrogen) atoms. The van der Waals surface area contributed by atoms with E-state index in [1.807, 2.05) is 24.3 Å². The van der Waals surface area contributed by atoms with Gasteiger partial charge >= 0.3 is 6.03 Å². The lowest BCUT2D eigenvalue weighted by Gasteiger charge is -2.44. The number of rotatable bonds is 5. The van der Waals surface area contributed by atoms with Crippen LogP contribution in [0.3, 0.4) is 0 Å². The minimum atomic E-state index is -0.264. The summed E-state index contributed by atoms with van der Waals surface area (Å²) in [6, 6.07) is 16.9. The molecular weight excluding hydrogens is 464 g/mol. The number of carbonyl (C=O) groups is 1. The van der Waals surface area contributed by atoms with E-state index in [9.17, 15) is 4.79 Å². The minimum Gasteiger partial charge on any atom is -0.381 e. The number of aromatic nitrogens is 2. The molecule has 0 radical (unpaired) electrons. The molecule has 2 saturated heterocycles. The first-order valence-electron chi connectivity index (χ1n) is 13.3. The van der Waals surface area contributed by atoms with Crippen LogP contribution in [0.25, 0.3) is 0 Å². The average molecular weight is 499 g/mol. The highest BCUT2D eigenvalue weighted by atomic mass is 16.5. The maximum Gasteiger partial charge on any atom is 0.319 e. The lowest BCUT2D eigenvalue weighted by Crippen LogP contribution is -2.49. The number of hydrogen-bond donors (Lipinski definition) is 2. The third-order valence-corrected chi connectivity index (χ3v) is 8.15. The Bertz CT molecular complexity index is 1200. The Morgan fingerprint density at radius 3 is 2.62 bits per heavy atom. The van der Waals surface area contributed by atoms with E-state index in [-0.39, 0.29) is 11.4 Å². The zero-order chi connectivity index (χ0) is 25.1. The zero-order valence-corrected chi connectivity index (χ0v) is 21.1. The maximum absolute atomic E-state index is 12.3. The van der Waals surface area contributed by atoms with Crippen LogP contribution in [0.15, 0.2) is 67.1 Å². The van der Waals surface area contributed by atoms with Gasteiger partial charge in [-0.1, -0.05) is 24.3 Å². The van der Waals surface area contributed by atoms with E-state index in [1.54, 1.807) is 18.6 Å². The molecule has 5 heterocycles. The molecule has 0 saturated carbocycles. The third kappa shape index (κ3) is 5.04. The second kappa shape index (κ2) is 10.5. The van der Waals surface area contributed by atoms with Crippen molar-refractivity contribution in [1.29, 1.82) is 0 Å². The highest BCUT2D eigenvalue weighted by Gasteiger charge is 2.45. The van der Waals surface area contributed by atoms with Crippen molar-refractivity contribution in [1.82, 2.24) is 20.2 Å². The zero-order valence-electron chi connectivity index (χ0n) is 21.1. The van der Waals surface area contributed by atoms with Crippen molar-refractivity contribution >= 4 is 23.2 Å². The highest BCUT2D eigenvalue weighted by molar-refractivity contribution is 5.89. The predicted octanol–water partition coefficient (Wildman–Crippen LogP) is 4.46. The summed E-state index contributed by atoms with van der Waals surface area (Å²) in [5.74, 6) is 0.914. The summed E-state index contributed by atoms with van der Waals surface area (Å²) in [5, 5.41) is 5.73. The normalized spacial score (nSPS) is 19.5. The van der Waals surface area contributed by atoms with Crippen LogP contribution in [0.4, 0.5) is 22.0 Å². The van der Waals surface area contributed by atoms with E-state index in [2.05, 4.69) is 49.7 Å². The van der Waals surface area contributed by atoms with Gasteiger partial charge in [0.15, 0.2) is 0 Å². The van der Waals surface area contributed by atoms with Crippen molar-refractivity contribution in [2.45, 2.75) is 43.7 Å². The number of pyridine rings is 2. The molecule has 2 fully saturated rings. The molecule has 0 atom stereocenters. The number of likely N-dealkylation sites (tertiary alicyclic amines) is 1. The van der Waals surface area contributed by atoms with Crippen molar-refractivity contribution in [2.75, 3.05) is 43.1 Å². The van der Waals surface area contributed by atoms with Crippen LogP contribution in [-0.4, -0.2) is 59.8 Å². The van der Waals surface area contributed by atoms with Crippen molar-refractivity contribution < 1.29 is 9.53 Å². The fourth-order valence-corrected chi connectivity index (χ4v) is 6.11. The first-order chi connectivity index (χ1) is 18.2. The minimum absolute atomic E-state index is 0.156. The summed E-state index contributed by atoms with van der Waals surface area (Å²) in [4.78, 5) is 26.2. The molecule has 0 bridgehead atoms. The van der Waals surface area contributed by atoms with Crippen LogP contribution >= 0.6 is 0 Å². The smallest absolute Gasteiger partial charge is 0.319 e. The summed E-state index contributed by atoms with van der Waals surface area (Å²) in [6.07, 6.45) is 9.83. The van der Waals surface area contributed by atoms with Crippen molar-refractivity contribution in [2.24, 2.45) is 0 Å². The van der Waals surface area contributed by atoms with E-state index in [1.165, 1.54) is 11.3 Å². The molecule has 3 aliphatic heterocycles. The molecule has 8 nitrogen and oxygen atoms in total. The Morgan fingerprint density at radius 2 is 1.86 bits per heavy atom. The largest absolute Gasteiger partial charge is 0.381 e. The fourth-order valence-electron chi connectivity index (χ4n) is 6.11. The molecule has 192 valence electrons. The van der Waals surface area contributed by atoms with Crippen LogP contribution < -0.4 is 15.5 Å². The lowest BCUT2D eigenvalue weighted by atomic mass is 9.74. The fraction of sp³-hybridized carbons (Fsp3) is 0.414. The van der Waals surface area contributed by atoms with Crippen molar-refractivity contribution in [3.8, 4) is 0 Å². The number of nitrogens with one attached hydrogen (secondary N) is 2. The molecule has 0 unspecified atom stereocenters. The number of anilines is 3. The molecule has 0 aliphatic carbocycles. The topological polar surface area (TPSA) is 82.6 Å². The van der Waals surface area contributed by atoms with Gasteiger partial charge in [-0.05, 0) is 74.2 Å². The second-order valence-electron chi connectivity index (χ2n) is 10.3. The van der Waals surface area contributed by atoms with E-state index in [4.69, 9.17) is 9.72 Å². The Kier molecular flexibility index (Phi) is 6.76. The third-order valence-electron chi connectivity index (χ3n) is 8.15. The van der Waals surface area contributed by atoms with Gasteiger partial charge in [0.05, 0.1) is 11.9 Å². The van der Waals surface area contributed by atoms with Gasteiger partial charge in [0.25, 0.3) is 0 Å². The molecule has 6 rings (SSSR count). The first kappa shape index (κ1) is 23.9. The van der Waals surface area contributed by atoms with E-state index in [0.717, 1.165) is 69.9 Å². The van der Waals surface area contributed by atoms with Crippen molar-refractivity contribution in [3.63, 3.8) is 0 Å². The number of ether oxygens (including phenoxy) is 1. The Labute approximate surface area is 218 Å². The SMILES string of the molecule is O=C(NCc1cccnc1)Nc1ccc(N2CC3(CCN(C4CCOCC4)CC3)c3ccccc32)nc1. The molecule has 3 aliphatic rings. The molecule has 1 spiro atoms. The van der Waals surface area contributed by atoms with E-state index in [0.29, 0.717) is 18.3 Å². The molecular formula is C29H34N6O2. The van der Waals surface area contributed by atoms with Gasteiger partial charge in [0.1, 0.15) is 5.82 Å². The van der Waals surface area contributed by atoms with E-state index >= 15 is 0 Å². The number of amides is 2. The van der Waals surface area contributed by atoms with Gasteiger partial charge in [-0.15, -0.1) is 0 Å². The van der Waals surface area contributed by atoms with Crippen molar-refractivity contribution in [3.05, 3.63) is 78.2 Å². The Balaban J connectivity index is 1.11. The van der Waals surface area contributed by atoms with Crippen LogP contribution in [0.1, 0.15) is 36.8 Å². The lowest BCUT2D eigenvalue weighted by molar-refractivity contribution is 0.0185. The summed E-state index contributed by atoms with van der Waals surface area (Å²) in [5.41, 5.74) is 4.47. The van der Waals surface area contributed by atoms with Crippen LogP contribution in [0, 0.1) is 0 Å². The summed E-state index contributed by atoms with van der Waals surface area (Å²) >= 11 is 0. The predicted molar refractivity (Wildman–Crippen MR) is 144 cm³/mol.